The van der Waals surface area contributed by atoms with Crippen molar-refractivity contribution in [3.63, 3.8) is 0 Å². The van der Waals surface area contributed by atoms with Crippen LogP contribution in [0.3, 0.4) is 0 Å². The molecule has 2 fully saturated rings. The van der Waals surface area contributed by atoms with Crippen molar-refractivity contribution < 1.29 is 14.2 Å². The van der Waals surface area contributed by atoms with Gasteiger partial charge >= 0.3 is 0 Å². The summed E-state index contributed by atoms with van der Waals surface area (Å²) in [6, 6.07) is 15.4. The first kappa shape index (κ1) is 17.9. The van der Waals surface area contributed by atoms with Crippen molar-refractivity contribution in [3.05, 3.63) is 59.7 Å². The van der Waals surface area contributed by atoms with Crippen molar-refractivity contribution in [1.82, 2.24) is 4.90 Å². The van der Waals surface area contributed by atoms with E-state index in [4.69, 9.17) is 19.9 Å². The van der Waals surface area contributed by atoms with Crippen LogP contribution in [0.4, 0.5) is 5.69 Å². The molecule has 2 aromatic rings. The third kappa shape index (κ3) is 4.81. The summed E-state index contributed by atoms with van der Waals surface area (Å²) in [6.45, 7) is 4.79. The van der Waals surface area contributed by atoms with E-state index >= 15 is 0 Å². The number of nitrogens with two attached hydrogens (primary N) is 1. The van der Waals surface area contributed by atoms with Crippen molar-refractivity contribution in [1.29, 1.82) is 0 Å². The second-order valence-corrected chi connectivity index (χ2v) is 6.82. The zero-order valence-corrected chi connectivity index (χ0v) is 15.3. The lowest BCUT2D eigenvalue weighted by atomic mass is 10.1. The van der Waals surface area contributed by atoms with Gasteiger partial charge in [0, 0.05) is 36.4 Å². The quantitative estimate of drug-likeness (QED) is 0.665. The minimum absolute atomic E-state index is 0.220. The van der Waals surface area contributed by atoms with Gasteiger partial charge in [0.15, 0.2) is 0 Å². The molecule has 5 nitrogen and oxygen atoms in total. The molecule has 2 aliphatic heterocycles. The molecule has 4 rings (SSSR count). The summed E-state index contributed by atoms with van der Waals surface area (Å²) in [6.07, 6.45) is 0.440. The van der Waals surface area contributed by atoms with Crippen molar-refractivity contribution in [3.8, 4) is 17.6 Å². The number of rotatable bonds is 4. The molecule has 0 aliphatic carbocycles. The fourth-order valence-electron chi connectivity index (χ4n) is 3.36. The van der Waals surface area contributed by atoms with Crippen molar-refractivity contribution in [2.45, 2.75) is 12.2 Å². The van der Waals surface area contributed by atoms with Gasteiger partial charge in [-0.15, -0.1) is 0 Å². The Balaban J connectivity index is 1.24. The second kappa shape index (κ2) is 8.45. The van der Waals surface area contributed by atoms with E-state index in [9.17, 15) is 0 Å². The van der Waals surface area contributed by atoms with Gasteiger partial charge in [-0.2, -0.15) is 0 Å². The molecule has 27 heavy (non-hydrogen) atoms. The molecule has 5 heteroatoms. The van der Waals surface area contributed by atoms with E-state index in [1.54, 1.807) is 0 Å². The molecule has 2 N–H and O–H groups in total. The van der Waals surface area contributed by atoms with Gasteiger partial charge in [-0.25, -0.2) is 0 Å². The lowest BCUT2D eigenvalue weighted by Crippen LogP contribution is -2.36. The molecule has 2 heterocycles. The molecule has 0 aromatic heterocycles. The first-order chi connectivity index (χ1) is 13.3. The van der Waals surface area contributed by atoms with Gasteiger partial charge in [0.25, 0.3) is 0 Å². The highest BCUT2D eigenvalue weighted by Gasteiger charge is 2.36. The summed E-state index contributed by atoms with van der Waals surface area (Å²) in [5.74, 6) is 7.15. The summed E-state index contributed by atoms with van der Waals surface area (Å²) >= 11 is 0. The Labute approximate surface area is 160 Å². The maximum absolute atomic E-state index is 5.87. The third-order valence-corrected chi connectivity index (χ3v) is 4.83. The topological polar surface area (TPSA) is 57.0 Å². The molecular formula is C22H24N2O3. The summed E-state index contributed by atoms with van der Waals surface area (Å²) in [5, 5.41) is 0. The van der Waals surface area contributed by atoms with E-state index in [1.165, 1.54) is 0 Å². The Morgan fingerprint density at radius 3 is 2.04 bits per heavy atom. The first-order valence-corrected chi connectivity index (χ1v) is 9.32. The molecule has 0 unspecified atom stereocenters. The largest absolute Gasteiger partial charge is 0.492 e. The maximum Gasteiger partial charge on any atom is 0.119 e. The van der Waals surface area contributed by atoms with Crippen molar-refractivity contribution in [2.24, 2.45) is 0 Å². The third-order valence-electron chi connectivity index (χ3n) is 4.83. The van der Waals surface area contributed by atoms with Crippen LogP contribution in [0.2, 0.25) is 0 Å². The van der Waals surface area contributed by atoms with Crippen LogP contribution in [0.5, 0.6) is 5.75 Å². The molecule has 0 spiro atoms. The van der Waals surface area contributed by atoms with E-state index in [0.29, 0.717) is 19.8 Å². The van der Waals surface area contributed by atoms with Crippen LogP contribution >= 0.6 is 0 Å². The number of ether oxygens (including phenoxy) is 3. The first-order valence-electron chi connectivity index (χ1n) is 9.32. The Morgan fingerprint density at radius 2 is 1.44 bits per heavy atom. The predicted octanol–water partition coefficient (Wildman–Crippen LogP) is 2.15. The van der Waals surface area contributed by atoms with Crippen molar-refractivity contribution in [2.75, 3.05) is 45.2 Å². The summed E-state index contributed by atoms with van der Waals surface area (Å²) in [5.41, 5.74) is 8.33. The standard InChI is InChI=1S/C22H24N2O3/c23-19-7-3-17(4-8-19)1-2-18-5-9-20(10-6-18)25-12-11-24-15-21-22(16-24)27-14-13-26-21/h3-10,21-22H,11-16,23H2/t21-,22+. The van der Waals surface area contributed by atoms with Gasteiger partial charge in [-0.05, 0) is 48.5 Å². The number of hydrogen-bond donors (Lipinski definition) is 1. The molecule has 2 aliphatic rings. The fraction of sp³-hybridized carbons (Fsp3) is 0.364. The number of likely N-dealkylation sites (tertiary alicyclic amines) is 1. The van der Waals surface area contributed by atoms with Gasteiger partial charge in [0.05, 0.1) is 25.4 Å². The summed E-state index contributed by atoms with van der Waals surface area (Å²) in [4.78, 5) is 2.34. The lowest BCUT2D eigenvalue weighted by Gasteiger charge is -2.24. The predicted molar refractivity (Wildman–Crippen MR) is 105 cm³/mol. The summed E-state index contributed by atoms with van der Waals surface area (Å²) < 4.78 is 17.4. The van der Waals surface area contributed by atoms with Gasteiger partial charge < -0.3 is 19.9 Å². The average molecular weight is 364 g/mol. The highest BCUT2D eigenvalue weighted by atomic mass is 16.6. The van der Waals surface area contributed by atoms with Crippen LogP contribution in [0.15, 0.2) is 48.5 Å². The normalized spacial score (nSPS) is 21.9. The number of nitrogens with zero attached hydrogens (tertiary/aromatic N) is 1. The number of benzene rings is 2. The fourth-order valence-corrected chi connectivity index (χ4v) is 3.36. The van der Waals surface area contributed by atoms with Gasteiger partial charge in [-0.3, -0.25) is 4.90 Å². The van der Waals surface area contributed by atoms with Crippen LogP contribution in [-0.4, -0.2) is 56.6 Å². The minimum Gasteiger partial charge on any atom is -0.492 e. The number of fused-ring (bicyclic) bond motifs is 1. The maximum atomic E-state index is 5.87. The molecule has 2 aromatic carbocycles. The molecule has 0 bridgehead atoms. The lowest BCUT2D eigenvalue weighted by molar-refractivity contribution is -0.116. The molecule has 2 atom stereocenters. The van der Waals surface area contributed by atoms with Crippen LogP contribution < -0.4 is 10.5 Å². The minimum atomic E-state index is 0.220. The Bertz CT molecular complexity index is 794. The molecule has 2 saturated heterocycles. The molecule has 140 valence electrons. The number of nitrogen functional groups attached to an aromatic ring is 1. The van der Waals surface area contributed by atoms with Crippen LogP contribution in [0.25, 0.3) is 0 Å². The van der Waals surface area contributed by atoms with Crippen molar-refractivity contribution >= 4 is 5.69 Å². The van der Waals surface area contributed by atoms with E-state index < -0.39 is 0 Å². The van der Waals surface area contributed by atoms with E-state index in [2.05, 4.69) is 16.7 Å². The molecule has 0 radical (unpaired) electrons. The highest BCUT2D eigenvalue weighted by Crippen LogP contribution is 2.20. The molecule has 0 amide bonds. The van der Waals surface area contributed by atoms with E-state index in [-0.39, 0.29) is 12.2 Å². The number of hydrogen-bond acceptors (Lipinski definition) is 5. The monoisotopic (exact) mass is 364 g/mol. The number of anilines is 1. The SMILES string of the molecule is Nc1ccc(C#Cc2ccc(OCCN3C[C@@H]4OCCO[C@@H]4C3)cc2)cc1. The summed E-state index contributed by atoms with van der Waals surface area (Å²) in [7, 11) is 0. The highest BCUT2D eigenvalue weighted by molar-refractivity contribution is 5.48. The van der Waals surface area contributed by atoms with Crippen LogP contribution in [0.1, 0.15) is 11.1 Å². The van der Waals surface area contributed by atoms with Crippen LogP contribution in [0, 0.1) is 11.8 Å². The van der Waals surface area contributed by atoms with Gasteiger partial charge in [-0.1, -0.05) is 11.8 Å². The van der Waals surface area contributed by atoms with Crippen LogP contribution in [-0.2, 0) is 9.47 Å². The van der Waals surface area contributed by atoms with E-state index in [1.807, 2.05) is 48.5 Å². The Morgan fingerprint density at radius 1 is 0.889 bits per heavy atom. The van der Waals surface area contributed by atoms with E-state index in [0.717, 1.165) is 42.2 Å². The Hall–Kier alpha value is -2.52. The Kier molecular flexibility index (Phi) is 5.59. The average Bonchev–Trinajstić information content (AvgIpc) is 3.11. The zero-order valence-electron chi connectivity index (χ0n) is 15.3. The smallest absolute Gasteiger partial charge is 0.119 e. The molecular weight excluding hydrogens is 340 g/mol. The van der Waals surface area contributed by atoms with Gasteiger partial charge in [0.1, 0.15) is 12.4 Å². The molecule has 0 saturated carbocycles. The van der Waals surface area contributed by atoms with Gasteiger partial charge in [0.2, 0.25) is 0 Å². The zero-order chi connectivity index (χ0) is 18.5. The second-order valence-electron chi connectivity index (χ2n) is 6.82.